The summed E-state index contributed by atoms with van der Waals surface area (Å²) in [5, 5.41) is 4.70. The number of fused-ring (bicyclic) bond motifs is 2. The molecule has 0 radical (unpaired) electrons. The normalized spacial score (nSPS) is 24.1. The van der Waals surface area contributed by atoms with E-state index in [1.54, 1.807) is 0 Å². The summed E-state index contributed by atoms with van der Waals surface area (Å²) in [5.41, 5.74) is 14.4. The van der Waals surface area contributed by atoms with Crippen LogP contribution in [-0.4, -0.2) is 0 Å². The van der Waals surface area contributed by atoms with E-state index in [9.17, 15) is 0 Å². The van der Waals surface area contributed by atoms with Gasteiger partial charge in [0.2, 0.25) is 0 Å². The van der Waals surface area contributed by atoms with Crippen LogP contribution in [-0.2, 0) is 11.1 Å². The van der Waals surface area contributed by atoms with Gasteiger partial charge in [0.15, 0.2) is 0 Å². The zero-order valence-electron chi connectivity index (χ0n) is 15.5. The highest BCUT2D eigenvalue weighted by Gasteiger charge is 2.32. The number of rotatable bonds is 2. The Morgan fingerprint density at radius 1 is 0.429 bits per heavy atom. The summed E-state index contributed by atoms with van der Waals surface area (Å²) in [6.45, 7) is 0. The lowest BCUT2D eigenvalue weighted by atomic mass is 9.76. The van der Waals surface area contributed by atoms with Crippen LogP contribution in [0.2, 0.25) is 0 Å². The quantitative estimate of drug-likeness (QED) is 0.486. The molecule has 0 saturated heterocycles. The first-order chi connectivity index (χ1) is 13.6. The molecule has 2 heteroatoms. The number of benzene rings is 4. The Morgan fingerprint density at radius 2 is 0.786 bits per heavy atom. The van der Waals surface area contributed by atoms with E-state index in [0.717, 1.165) is 21.9 Å². The molecule has 0 spiro atoms. The van der Waals surface area contributed by atoms with E-state index in [0.29, 0.717) is 0 Å². The van der Waals surface area contributed by atoms with Gasteiger partial charge in [-0.1, -0.05) is 109 Å². The molecular formula is C26H22N2. The van der Waals surface area contributed by atoms with Gasteiger partial charge in [0, 0.05) is 0 Å². The molecule has 1 aliphatic rings. The van der Waals surface area contributed by atoms with Crippen molar-refractivity contribution in [1.82, 2.24) is 0 Å². The standard InChI is InChI=1S/C26H22N2/c27-25(23-13-5-9-19-7-1-3-11-21(19)23)15-17-26(28,18-16-25)24-14-6-10-20-8-2-4-12-22(20)24/h1-18H,27-28H2. The Hall–Kier alpha value is -3.20. The summed E-state index contributed by atoms with van der Waals surface area (Å²) in [4.78, 5) is 0. The van der Waals surface area contributed by atoms with E-state index in [1.165, 1.54) is 10.8 Å². The summed E-state index contributed by atoms with van der Waals surface area (Å²) in [5.74, 6) is 0. The topological polar surface area (TPSA) is 52.0 Å². The van der Waals surface area contributed by atoms with Crippen LogP contribution in [0.1, 0.15) is 11.1 Å². The van der Waals surface area contributed by atoms with Gasteiger partial charge in [0.1, 0.15) is 0 Å². The molecule has 0 aliphatic heterocycles. The van der Waals surface area contributed by atoms with Crippen molar-refractivity contribution in [2.45, 2.75) is 11.1 Å². The molecule has 0 heterocycles. The van der Waals surface area contributed by atoms with Crippen LogP contribution in [0.5, 0.6) is 0 Å². The molecule has 0 fully saturated rings. The molecule has 1 aliphatic carbocycles. The average molecular weight is 362 g/mol. The smallest absolute Gasteiger partial charge is 0.0790 e. The van der Waals surface area contributed by atoms with Gasteiger partial charge in [-0.2, -0.15) is 0 Å². The van der Waals surface area contributed by atoms with E-state index >= 15 is 0 Å². The highest BCUT2D eigenvalue weighted by Crippen LogP contribution is 2.37. The van der Waals surface area contributed by atoms with Crippen LogP contribution in [0.3, 0.4) is 0 Å². The predicted octanol–water partition coefficient (Wildman–Crippen LogP) is 5.13. The molecule has 0 amide bonds. The van der Waals surface area contributed by atoms with Crippen molar-refractivity contribution in [2.75, 3.05) is 0 Å². The van der Waals surface area contributed by atoms with E-state index < -0.39 is 11.1 Å². The lowest BCUT2D eigenvalue weighted by Crippen LogP contribution is -2.41. The molecule has 0 aromatic heterocycles. The zero-order chi connectivity index (χ0) is 19.2. The third kappa shape index (κ3) is 2.58. The van der Waals surface area contributed by atoms with Crippen molar-refractivity contribution in [3.8, 4) is 0 Å². The third-order valence-electron chi connectivity index (χ3n) is 5.78. The Morgan fingerprint density at radius 3 is 1.21 bits per heavy atom. The summed E-state index contributed by atoms with van der Waals surface area (Å²) < 4.78 is 0. The molecule has 2 nitrogen and oxygen atoms in total. The van der Waals surface area contributed by atoms with E-state index in [1.807, 2.05) is 36.4 Å². The molecule has 0 saturated carbocycles. The molecule has 0 bridgehead atoms. The zero-order valence-corrected chi connectivity index (χ0v) is 15.5. The van der Waals surface area contributed by atoms with Gasteiger partial charge in [-0.15, -0.1) is 0 Å². The molecule has 0 unspecified atom stereocenters. The highest BCUT2D eigenvalue weighted by molar-refractivity contribution is 5.88. The molecule has 4 aromatic carbocycles. The molecule has 28 heavy (non-hydrogen) atoms. The van der Waals surface area contributed by atoms with Gasteiger partial charge in [0.25, 0.3) is 0 Å². The second kappa shape index (κ2) is 6.16. The van der Waals surface area contributed by atoms with Gasteiger partial charge < -0.3 is 11.5 Å². The summed E-state index contributed by atoms with van der Waals surface area (Å²) >= 11 is 0. The first-order valence-corrected chi connectivity index (χ1v) is 9.54. The minimum Gasteiger partial charge on any atom is -0.315 e. The minimum absolute atomic E-state index is 0.686. The van der Waals surface area contributed by atoms with Gasteiger partial charge in [-0.25, -0.2) is 0 Å². The summed E-state index contributed by atoms with van der Waals surface area (Å²) in [6, 6.07) is 29.2. The highest BCUT2D eigenvalue weighted by atomic mass is 14.8. The summed E-state index contributed by atoms with van der Waals surface area (Å²) in [6.07, 6.45) is 8.15. The maximum atomic E-state index is 6.83. The fourth-order valence-corrected chi connectivity index (χ4v) is 4.23. The first kappa shape index (κ1) is 16.9. The largest absolute Gasteiger partial charge is 0.315 e. The fraction of sp³-hybridized carbons (Fsp3) is 0.0769. The van der Waals surface area contributed by atoms with E-state index in [-0.39, 0.29) is 0 Å². The lowest BCUT2D eigenvalue weighted by molar-refractivity contribution is 0.630. The average Bonchev–Trinajstić information content (AvgIpc) is 2.75. The van der Waals surface area contributed by atoms with Crippen molar-refractivity contribution in [1.29, 1.82) is 0 Å². The van der Waals surface area contributed by atoms with Crippen molar-refractivity contribution >= 4 is 21.5 Å². The maximum Gasteiger partial charge on any atom is 0.0790 e. The molecule has 0 atom stereocenters. The molecule has 4 aromatic rings. The molecule has 136 valence electrons. The van der Waals surface area contributed by atoms with Crippen molar-refractivity contribution < 1.29 is 0 Å². The lowest BCUT2D eigenvalue weighted by Gasteiger charge is -2.34. The molecule has 4 N–H and O–H groups in total. The van der Waals surface area contributed by atoms with Crippen LogP contribution >= 0.6 is 0 Å². The maximum absolute atomic E-state index is 6.83. The van der Waals surface area contributed by atoms with Crippen LogP contribution in [0.4, 0.5) is 0 Å². The van der Waals surface area contributed by atoms with E-state index in [4.69, 9.17) is 11.5 Å². The Balaban J connectivity index is 1.62. The minimum atomic E-state index is -0.686. The third-order valence-corrected chi connectivity index (χ3v) is 5.78. The van der Waals surface area contributed by atoms with Crippen LogP contribution in [0.25, 0.3) is 21.5 Å². The van der Waals surface area contributed by atoms with Crippen LogP contribution in [0.15, 0.2) is 109 Å². The Kier molecular flexibility index (Phi) is 3.73. The Labute approximate surface area is 164 Å². The SMILES string of the molecule is NC1(c2cccc3ccccc23)C=CC(N)(c2cccc3ccccc23)C=C1. The van der Waals surface area contributed by atoms with Crippen molar-refractivity contribution in [3.05, 3.63) is 120 Å². The first-order valence-electron chi connectivity index (χ1n) is 9.54. The van der Waals surface area contributed by atoms with Gasteiger partial charge in [0.05, 0.1) is 11.1 Å². The van der Waals surface area contributed by atoms with Crippen molar-refractivity contribution in [3.63, 3.8) is 0 Å². The van der Waals surface area contributed by atoms with E-state index in [2.05, 4.69) is 72.8 Å². The molecule has 5 rings (SSSR count). The second-order valence-corrected chi connectivity index (χ2v) is 7.59. The van der Waals surface area contributed by atoms with Crippen molar-refractivity contribution in [2.24, 2.45) is 11.5 Å². The second-order valence-electron chi connectivity index (χ2n) is 7.59. The number of hydrogen-bond acceptors (Lipinski definition) is 2. The molecular weight excluding hydrogens is 340 g/mol. The van der Waals surface area contributed by atoms with Gasteiger partial charge in [-0.05, 0) is 32.7 Å². The monoisotopic (exact) mass is 362 g/mol. The van der Waals surface area contributed by atoms with Gasteiger partial charge >= 0.3 is 0 Å². The summed E-state index contributed by atoms with van der Waals surface area (Å²) in [7, 11) is 0. The predicted molar refractivity (Wildman–Crippen MR) is 118 cm³/mol. The van der Waals surface area contributed by atoms with Crippen LogP contribution in [0, 0.1) is 0 Å². The van der Waals surface area contributed by atoms with Crippen LogP contribution < -0.4 is 11.5 Å². The number of hydrogen-bond donors (Lipinski definition) is 2. The fourth-order valence-electron chi connectivity index (χ4n) is 4.23. The Bertz CT molecular complexity index is 1130. The van der Waals surface area contributed by atoms with Gasteiger partial charge in [-0.3, -0.25) is 0 Å². The number of nitrogens with two attached hydrogens (primary N) is 2.